The van der Waals surface area contributed by atoms with Gasteiger partial charge in [-0.05, 0) is 63.1 Å². The maximum Gasteiger partial charge on any atom is 0.165 e. The summed E-state index contributed by atoms with van der Waals surface area (Å²) in [4.78, 5) is 0. The van der Waals surface area contributed by atoms with Crippen LogP contribution in [0.1, 0.15) is 52.0 Å². The van der Waals surface area contributed by atoms with Crippen molar-refractivity contribution in [1.29, 1.82) is 0 Å². The van der Waals surface area contributed by atoms with Gasteiger partial charge in [0.2, 0.25) is 0 Å². The van der Waals surface area contributed by atoms with E-state index in [2.05, 4.69) is 26.1 Å². The Bertz CT molecular complexity index is 473. The molecule has 3 heteroatoms. The van der Waals surface area contributed by atoms with Crippen LogP contribution in [0.3, 0.4) is 0 Å². The molecule has 1 N–H and O–H groups in total. The maximum absolute atomic E-state index is 13.9. The topological polar surface area (TPSA) is 21.3 Å². The molecule has 2 rings (SSSR count). The van der Waals surface area contributed by atoms with Crippen LogP contribution >= 0.6 is 0 Å². The second kappa shape index (κ2) is 6.35. The molecule has 1 saturated carbocycles. The SMILES string of the molecule is COc1ccc(CC2(CNC(C)(C)C)CCCC2)cc1F. The number of halogens is 1. The molecule has 0 atom stereocenters. The predicted octanol–water partition coefficient (Wildman–Crippen LogP) is 4.33. The summed E-state index contributed by atoms with van der Waals surface area (Å²) in [6, 6.07) is 5.37. The van der Waals surface area contributed by atoms with E-state index in [0.29, 0.717) is 5.75 Å². The van der Waals surface area contributed by atoms with Gasteiger partial charge in [0.1, 0.15) is 0 Å². The van der Waals surface area contributed by atoms with E-state index in [0.717, 1.165) is 18.5 Å². The second-order valence-electron chi connectivity index (χ2n) is 7.46. The molecule has 0 unspecified atom stereocenters. The van der Waals surface area contributed by atoms with E-state index in [1.807, 2.05) is 6.07 Å². The van der Waals surface area contributed by atoms with Crippen molar-refractivity contribution in [2.75, 3.05) is 13.7 Å². The third-order valence-electron chi connectivity index (χ3n) is 4.45. The average molecular weight is 293 g/mol. The van der Waals surface area contributed by atoms with Crippen molar-refractivity contribution < 1.29 is 9.13 Å². The quantitative estimate of drug-likeness (QED) is 0.872. The molecule has 0 saturated heterocycles. The molecule has 1 aromatic carbocycles. The fourth-order valence-electron chi connectivity index (χ4n) is 3.25. The molecule has 1 aliphatic carbocycles. The summed E-state index contributed by atoms with van der Waals surface area (Å²) < 4.78 is 18.9. The molecule has 0 amide bonds. The van der Waals surface area contributed by atoms with Crippen LogP contribution in [0.15, 0.2) is 18.2 Å². The molecular weight excluding hydrogens is 265 g/mol. The number of rotatable bonds is 5. The molecule has 0 heterocycles. The van der Waals surface area contributed by atoms with E-state index < -0.39 is 0 Å². The molecule has 0 aromatic heterocycles. The Hall–Kier alpha value is -1.09. The van der Waals surface area contributed by atoms with Gasteiger partial charge < -0.3 is 10.1 Å². The van der Waals surface area contributed by atoms with Gasteiger partial charge in [-0.25, -0.2) is 4.39 Å². The van der Waals surface area contributed by atoms with Gasteiger partial charge >= 0.3 is 0 Å². The highest BCUT2D eigenvalue weighted by atomic mass is 19.1. The van der Waals surface area contributed by atoms with E-state index in [4.69, 9.17) is 4.74 Å². The zero-order valence-corrected chi connectivity index (χ0v) is 13.8. The summed E-state index contributed by atoms with van der Waals surface area (Å²) in [6.07, 6.45) is 5.96. The highest BCUT2D eigenvalue weighted by Crippen LogP contribution is 2.41. The second-order valence-corrected chi connectivity index (χ2v) is 7.46. The van der Waals surface area contributed by atoms with Crippen LogP contribution in [0.25, 0.3) is 0 Å². The number of methoxy groups -OCH3 is 1. The molecule has 0 aliphatic heterocycles. The van der Waals surface area contributed by atoms with Crippen LogP contribution in [0.4, 0.5) is 4.39 Å². The Balaban J connectivity index is 2.10. The summed E-state index contributed by atoms with van der Waals surface area (Å²) >= 11 is 0. The molecule has 118 valence electrons. The van der Waals surface area contributed by atoms with Crippen molar-refractivity contribution in [3.05, 3.63) is 29.6 Å². The molecule has 21 heavy (non-hydrogen) atoms. The number of benzene rings is 1. The Kier molecular flexibility index (Phi) is 4.92. The molecule has 0 spiro atoms. The number of nitrogens with one attached hydrogen (secondary N) is 1. The maximum atomic E-state index is 13.9. The molecule has 1 aliphatic rings. The van der Waals surface area contributed by atoms with Crippen LogP contribution in [0.5, 0.6) is 5.75 Å². The fraction of sp³-hybridized carbons (Fsp3) is 0.667. The van der Waals surface area contributed by atoms with Gasteiger partial charge in [-0.3, -0.25) is 0 Å². The average Bonchev–Trinajstić information content (AvgIpc) is 2.85. The first-order chi connectivity index (χ1) is 9.84. The zero-order valence-electron chi connectivity index (χ0n) is 13.8. The van der Waals surface area contributed by atoms with Gasteiger partial charge in [-0.1, -0.05) is 18.9 Å². The van der Waals surface area contributed by atoms with Crippen molar-refractivity contribution in [1.82, 2.24) is 5.32 Å². The minimum atomic E-state index is -0.257. The van der Waals surface area contributed by atoms with Crippen LogP contribution in [0, 0.1) is 11.2 Å². The largest absolute Gasteiger partial charge is 0.494 e. The molecule has 0 radical (unpaired) electrons. The first-order valence-electron chi connectivity index (χ1n) is 7.91. The van der Waals surface area contributed by atoms with Gasteiger partial charge in [0, 0.05) is 12.1 Å². The summed E-state index contributed by atoms with van der Waals surface area (Å²) in [6.45, 7) is 7.60. The van der Waals surface area contributed by atoms with E-state index in [9.17, 15) is 4.39 Å². The van der Waals surface area contributed by atoms with E-state index in [1.165, 1.54) is 32.8 Å². The van der Waals surface area contributed by atoms with Crippen molar-refractivity contribution in [2.24, 2.45) is 5.41 Å². The van der Waals surface area contributed by atoms with E-state index >= 15 is 0 Å². The van der Waals surface area contributed by atoms with Gasteiger partial charge in [0.15, 0.2) is 11.6 Å². The van der Waals surface area contributed by atoms with Crippen molar-refractivity contribution in [3.63, 3.8) is 0 Å². The van der Waals surface area contributed by atoms with Gasteiger partial charge in [0.25, 0.3) is 0 Å². The third-order valence-corrected chi connectivity index (χ3v) is 4.45. The number of hydrogen-bond donors (Lipinski definition) is 1. The van der Waals surface area contributed by atoms with Crippen LogP contribution < -0.4 is 10.1 Å². The van der Waals surface area contributed by atoms with Gasteiger partial charge in [-0.2, -0.15) is 0 Å². The molecule has 2 nitrogen and oxygen atoms in total. The molecule has 1 aromatic rings. The van der Waals surface area contributed by atoms with Crippen molar-refractivity contribution in [2.45, 2.75) is 58.4 Å². The summed E-state index contributed by atoms with van der Waals surface area (Å²) in [7, 11) is 1.50. The van der Waals surface area contributed by atoms with Crippen LogP contribution in [-0.2, 0) is 6.42 Å². The minimum absolute atomic E-state index is 0.126. The Morgan fingerprint density at radius 1 is 1.24 bits per heavy atom. The predicted molar refractivity (Wildman–Crippen MR) is 85.3 cm³/mol. The summed E-state index contributed by atoms with van der Waals surface area (Å²) in [5.41, 5.74) is 1.47. The normalized spacial score (nSPS) is 18.0. The first-order valence-corrected chi connectivity index (χ1v) is 7.91. The Morgan fingerprint density at radius 3 is 2.43 bits per heavy atom. The van der Waals surface area contributed by atoms with Gasteiger partial charge in [0.05, 0.1) is 7.11 Å². The van der Waals surface area contributed by atoms with Gasteiger partial charge in [-0.15, -0.1) is 0 Å². The first kappa shape index (κ1) is 16.3. The lowest BCUT2D eigenvalue weighted by Gasteiger charge is -2.33. The third kappa shape index (κ3) is 4.44. The lowest BCUT2D eigenvalue weighted by Crippen LogP contribution is -2.43. The highest BCUT2D eigenvalue weighted by Gasteiger charge is 2.34. The van der Waals surface area contributed by atoms with E-state index in [1.54, 1.807) is 12.1 Å². The lowest BCUT2D eigenvalue weighted by atomic mass is 9.79. The smallest absolute Gasteiger partial charge is 0.165 e. The monoisotopic (exact) mass is 293 g/mol. The standard InChI is InChI=1S/C18H28FNO/c1-17(2,3)20-13-18(9-5-6-10-18)12-14-7-8-16(21-4)15(19)11-14/h7-8,11,20H,5-6,9-10,12-13H2,1-4H3. The molecule has 1 fully saturated rings. The van der Waals surface area contributed by atoms with Crippen LogP contribution in [0.2, 0.25) is 0 Å². The molecule has 0 bridgehead atoms. The molecular formula is C18H28FNO. The summed E-state index contributed by atoms with van der Waals surface area (Å²) in [5.74, 6) is 0.0685. The number of hydrogen-bond acceptors (Lipinski definition) is 2. The van der Waals surface area contributed by atoms with Crippen LogP contribution in [-0.4, -0.2) is 19.2 Å². The van der Waals surface area contributed by atoms with Crippen molar-refractivity contribution in [3.8, 4) is 5.75 Å². The Morgan fingerprint density at radius 2 is 1.90 bits per heavy atom. The number of ether oxygens (including phenoxy) is 1. The fourth-order valence-corrected chi connectivity index (χ4v) is 3.25. The minimum Gasteiger partial charge on any atom is -0.494 e. The van der Waals surface area contributed by atoms with E-state index in [-0.39, 0.29) is 16.8 Å². The zero-order chi connectivity index (χ0) is 15.5. The lowest BCUT2D eigenvalue weighted by molar-refractivity contribution is 0.244. The summed E-state index contributed by atoms with van der Waals surface area (Å²) in [5, 5.41) is 3.64. The highest BCUT2D eigenvalue weighted by molar-refractivity contribution is 5.30. The van der Waals surface area contributed by atoms with Crippen molar-refractivity contribution >= 4 is 0 Å². The Labute approximate surface area is 128 Å².